The van der Waals surface area contributed by atoms with E-state index >= 15 is 0 Å². The monoisotopic (exact) mass is 328 g/mol. The molecule has 110 valence electrons. The number of nitro benzene ring substituents is 1. The number of hydrogen-bond donors (Lipinski definition) is 1. The molecule has 7 nitrogen and oxygen atoms in total. The standard InChI is InChI=1S/C12H9ClN2O5S/c1-5-3-6(2)8(4-7(5)15(18)19)20-12-14-10(13)9(21-12)11(16)17/h3-4H,1-2H3,(H,16,17). The maximum absolute atomic E-state index is 10.9. The normalized spacial score (nSPS) is 10.4. The third-order valence-corrected chi connectivity index (χ3v) is 3.95. The molecular weight excluding hydrogens is 320 g/mol. The van der Waals surface area contributed by atoms with Crippen LogP contribution in [0.4, 0.5) is 5.69 Å². The number of rotatable bonds is 4. The maximum atomic E-state index is 10.9. The number of benzene rings is 1. The molecule has 0 aliphatic heterocycles. The van der Waals surface area contributed by atoms with E-state index in [-0.39, 0.29) is 26.7 Å². The van der Waals surface area contributed by atoms with Crippen molar-refractivity contribution in [2.45, 2.75) is 13.8 Å². The van der Waals surface area contributed by atoms with Crippen molar-refractivity contribution in [1.29, 1.82) is 0 Å². The summed E-state index contributed by atoms with van der Waals surface area (Å²) in [6.45, 7) is 3.34. The molecule has 0 spiro atoms. The highest BCUT2D eigenvalue weighted by Gasteiger charge is 2.19. The van der Waals surface area contributed by atoms with Crippen molar-refractivity contribution in [3.63, 3.8) is 0 Å². The number of ether oxygens (including phenoxy) is 1. The molecule has 0 saturated carbocycles. The molecular formula is C12H9ClN2O5S. The molecule has 0 aliphatic carbocycles. The van der Waals surface area contributed by atoms with Crippen LogP contribution in [0.3, 0.4) is 0 Å². The van der Waals surface area contributed by atoms with Crippen LogP contribution in [-0.2, 0) is 0 Å². The summed E-state index contributed by atoms with van der Waals surface area (Å²) in [7, 11) is 0. The third-order valence-electron chi connectivity index (χ3n) is 2.65. The largest absolute Gasteiger partial charge is 0.477 e. The summed E-state index contributed by atoms with van der Waals surface area (Å²) in [6.07, 6.45) is 0. The number of aromatic nitrogens is 1. The predicted molar refractivity (Wildman–Crippen MR) is 76.7 cm³/mol. The summed E-state index contributed by atoms with van der Waals surface area (Å²) < 4.78 is 5.42. The minimum atomic E-state index is -1.21. The first kappa shape index (κ1) is 15.2. The van der Waals surface area contributed by atoms with Crippen molar-refractivity contribution in [3.05, 3.63) is 43.4 Å². The second-order valence-electron chi connectivity index (χ2n) is 4.17. The van der Waals surface area contributed by atoms with Crippen LogP contribution in [0, 0.1) is 24.0 Å². The minimum absolute atomic E-state index is 0.0126. The van der Waals surface area contributed by atoms with Crippen molar-refractivity contribution < 1.29 is 19.6 Å². The van der Waals surface area contributed by atoms with Crippen LogP contribution in [0.1, 0.15) is 20.8 Å². The van der Waals surface area contributed by atoms with Gasteiger partial charge in [0.15, 0.2) is 10.0 Å². The number of carboxylic acids is 1. The summed E-state index contributed by atoms with van der Waals surface area (Å²) >= 11 is 6.44. The number of carboxylic acid groups (broad SMARTS) is 1. The fourth-order valence-corrected chi connectivity index (χ4v) is 2.66. The van der Waals surface area contributed by atoms with Crippen molar-refractivity contribution >= 4 is 34.6 Å². The van der Waals surface area contributed by atoms with E-state index in [0.717, 1.165) is 11.3 Å². The highest BCUT2D eigenvalue weighted by molar-refractivity contribution is 7.15. The Hall–Kier alpha value is -2.19. The number of carbonyl (C=O) groups is 1. The van der Waals surface area contributed by atoms with E-state index in [9.17, 15) is 14.9 Å². The van der Waals surface area contributed by atoms with E-state index in [1.54, 1.807) is 19.9 Å². The average molecular weight is 329 g/mol. The number of thiazole rings is 1. The Morgan fingerprint density at radius 1 is 1.43 bits per heavy atom. The number of aromatic carboxylic acids is 1. The number of nitro groups is 1. The molecule has 0 atom stereocenters. The van der Waals surface area contributed by atoms with Crippen molar-refractivity contribution in [2.24, 2.45) is 0 Å². The summed E-state index contributed by atoms with van der Waals surface area (Å²) in [6, 6.07) is 2.89. The number of halogens is 1. The van der Waals surface area contributed by atoms with Gasteiger partial charge >= 0.3 is 5.97 Å². The van der Waals surface area contributed by atoms with Gasteiger partial charge in [-0.25, -0.2) is 4.79 Å². The fourth-order valence-electron chi connectivity index (χ4n) is 1.68. The Bertz CT molecular complexity index is 743. The molecule has 0 unspecified atom stereocenters. The van der Waals surface area contributed by atoms with Crippen LogP contribution in [0.15, 0.2) is 12.1 Å². The first-order valence-corrected chi connectivity index (χ1v) is 6.82. The molecule has 1 heterocycles. The van der Waals surface area contributed by atoms with Crippen LogP contribution in [0.5, 0.6) is 10.9 Å². The Kier molecular flexibility index (Phi) is 4.10. The molecule has 0 fully saturated rings. The third kappa shape index (κ3) is 3.11. The van der Waals surface area contributed by atoms with E-state index in [4.69, 9.17) is 21.4 Å². The summed E-state index contributed by atoms with van der Waals surface area (Å²) in [5.74, 6) is -0.978. The highest BCUT2D eigenvalue weighted by atomic mass is 35.5. The van der Waals surface area contributed by atoms with E-state index in [0.29, 0.717) is 11.1 Å². The molecule has 1 aromatic carbocycles. The van der Waals surface area contributed by atoms with Gasteiger partial charge in [-0.2, -0.15) is 4.98 Å². The molecule has 0 aliphatic rings. The molecule has 21 heavy (non-hydrogen) atoms. The van der Waals surface area contributed by atoms with E-state index in [2.05, 4.69) is 4.98 Å². The summed E-state index contributed by atoms with van der Waals surface area (Å²) in [4.78, 5) is 24.9. The molecule has 2 rings (SSSR count). The van der Waals surface area contributed by atoms with Crippen molar-refractivity contribution in [2.75, 3.05) is 0 Å². The molecule has 1 aromatic heterocycles. The molecule has 0 amide bonds. The molecule has 0 radical (unpaired) electrons. The Balaban J connectivity index is 2.39. The Morgan fingerprint density at radius 2 is 2.10 bits per heavy atom. The van der Waals surface area contributed by atoms with Gasteiger partial charge in [0.2, 0.25) is 0 Å². The van der Waals surface area contributed by atoms with Crippen LogP contribution >= 0.6 is 22.9 Å². The Morgan fingerprint density at radius 3 is 2.62 bits per heavy atom. The summed E-state index contributed by atoms with van der Waals surface area (Å²) in [5.41, 5.74) is 1.09. The van der Waals surface area contributed by atoms with Crippen LogP contribution in [0.25, 0.3) is 0 Å². The molecule has 0 bridgehead atoms. The SMILES string of the molecule is Cc1cc(C)c([N+](=O)[O-])cc1Oc1nc(Cl)c(C(=O)O)s1. The number of nitrogens with zero attached hydrogens (tertiary/aromatic N) is 2. The quantitative estimate of drug-likeness (QED) is 0.676. The predicted octanol–water partition coefficient (Wildman–Crippen LogP) is 3.81. The highest BCUT2D eigenvalue weighted by Crippen LogP contribution is 2.35. The lowest BCUT2D eigenvalue weighted by Crippen LogP contribution is -1.95. The van der Waals surface area contributed by atoms with Gasteiger partial charge in [-0.3, -0.25) is 10.1 Å². The maximum Gasteiger partial charge on any atom is 0.349 e. The van der Waals surface area contributed by atoms with E-state index < -0.39 is 10.9 Å². The smallest absolute Gasteiger partial charge is 0.349 e. The van der Waals surface area contributed by atoms with Gasteiger partial charge in [0.05, 0.1) is 11.0 Å². The molecule has 2 aromatic rings. The van der Waals surface area contributed by atoms with Gasteiger partial charge in [-0.15, -0.1) is 0 Å². The number of hydrogen-bond acceptors (Lipinski definition) is 6. The molecule has 1 N–H and O–H groups in total. The second-order valence-corrected chi connectivity index (χ2v) is 5.49. The minimum Gasteiger partial charge on any atom is -0.477 e. The van der Waals surface area contributed by atoms with Gasteiger partial charge in [0.1, 0.15) is 5.75 Å². The zero-order valence-electron chi connectivity index (χ0n) is 10.9. The van der Waals surface area contributed by atoms with Gasteiger partial charge in [-0.05, 0) is 25.5 Å². The van der Waals surface area contributed by atoms with Gasteiger partial charge in [-0.1, -0.05) is 22.9 Å². The van der Waals surface area contributed by atoms with Crippen LogP contribution < -0.4 is 4.74 Å². The van der Waals surface area contributed by atoms with Crippen molar-refractivity contribution in [3.8, 4) is 10.9 Å². The fraction of sp³-hybridized carbons (Fsp3) is 0.167. The lowest BCUT2D eigenvalue weighted by molar-refractivity contribution is -0.385. The topological polar surface area (TPSA) is 103 Å². The second kappa shape index (κ2) is 5.66. The zero-order valence-corrected chi connectivity index (χ0v) is 12.5. The zero-order chi connectivity index (χ0) is 15.7. The van der Waals surface area contributed by atoms with E-state index in [1.807, 2.05) is 0 Å². The molecule has 9 heteroatoms. The average Bonchev–Trinajstić information content (AvgIpc) is 2.73. The molecule has 0 saturated heterocycles. The number of aryl methyl sites for hydroxylation is 2. The lowest BCUT2D eigenvalue weighted by Gasteiger charge is -2.07. The van der Waals surface area contributed by atoms with Gasteiger partial charge < -0.3 is 9.84 Å². The van der Waals surface area contributed by atoms with Crippen LogP contribution in [0.2, 0.25) is 5.15 Å². The Labute approximate surface area is 127 Å². The van der Waals surface area contributed by atoms with Crippen LogP contribution in [-0.4, -0.2) is 21.0 Å². The first-order valence-electron chi connectivity index (χ1n) is 5.62. The van der Waals surface area contributed by atoms with Crippen molar-refractivity contribution in [1.82, 2.24) is 4.98 Å². The van der Waals surface area contributed by atoms with Gasteiger partial charge in [0.25, 0.3) is 10.9 Å². The van der Waals surface area contributed by atoms with E-state index in [1.165, 1.54) is 6.07 Å². The van der Waals surface area contributed by atoms with Gasteiger partial charge in [0, 0.05) is 5.56 Å². The summed E-state index contributed by atoms with van der Waals surface area (Å²) in [5, 5.41) is 19.7. The first-order chi connectivity index (χ1) is 9.79. The lowest BCUT2D eigenvalue weighted by atomic mass is 10.1.